The van der Waals surface area contributed by atoms with Crippen LogP contribution in [-0.4, -0.2) is 5.66 Å². The fourth-order valence-electron chi connectivity index (χ4n) is 0. The average Bonchev–Trinajstić information content (AvgIpc) is 1.31. The Kier molecular flexibility index (Phi) is 13.1. The first kappa shape index (κ1) is 17.3. The SMILES string of the molecule is CC(C)P(=O)([O-])[O-].[Na+].[Na+]. The van der Waals surface area contributed by atoms with Crippen molar-refractivity contribution in [3.63, 3.8) is 0 Å². The van der Waals surface area contributed by atoms with Crippen LogP contribution >= 0.6 is 7.60 Å². The van der Waals surface area contributed by atoms with E-state index in [-0.39, 0.29) is 59.1 Å². The van der Waals surface area contributed by atoms with Crippen molar-refractivity contribution in [3.05, 3.63) is 0 Å². The quantitative estimate of drug-likeness (QED) is 0.289. The molecular formula is C3H7Na2O3P. The fraction of sp³-hybridized carbons (Fsp3) is 1.00. The molecule has 0 amide bonds. The molecule has 6 heteroatoms. The van der Waals surface area contributed by atoms with E-state index < -0.39 is 13.3 Å². The van der Waals surface area contributed by atoms with Crippen LogP contribution in [0.4, 0.5) is 0 Å². The van der Waals surface area contributed by atoms with Crippen molar-refractivity contribution in [2.24, 2.45) is 0 Å². The van der Waals surface area contributed by atoms with Crippen molar-refractivity contribution >= 4 is 7.60 Å². The van der Waals surface area contributed by atoms with Crippen LogP contribution < -0.4 is 68.9 Å². The van der Waals surface area contributed by atoms with Gasteiger partial charge in [-0.15, -0.1) is 0 Å². The molecule has 0 saturated carbocycles. The molecule has 0 spiro atoms. The summed E-state index contributed by atoms with van der Waals surface area (Å²) in [7, 11) is -4.24. The molecule has 0 radical (unpaired) electrons. The normalized spacial score (nSPS) is 9.89. The third-order valence-electron chi connectivity index (χ3n) is 0.632. The van der Waals surface area contributed by atoms with Gasteiger partial charge in [-0.05, 0) is 5.66 Å². The third kappa shape index (κ3) is 10.2. The Labute approximate surface area is 99.3 Å². The van der Waals surface area contributed by atoms with Crippen LogP contribution in [0.15, 0.2) is 0 Å². The van der Waals surface area contributed by atoms with Gasteiger partial charge in [0.2, 0.25) is 0 Å². The maximum Gasteiger partial charge on any atom is 1.00 e. The summed E-state index contributed by atoms with van der Waals surface area (Å²) in [5.74, 6) is 0. The molecular weight excluding hydrogens is 161 g/mol. The molecule has 0 aromatic rings. The summed E-state index contributed by atoms with van der Waals surface area (Å²) in [5.41, 5.74) is -0.757. The van der Waals surface area contributed by atoms with Gasteiger partial charge in [0, 0.05) is 0 Å². The van der Waals surface area contributed by atoms with Gasteiger partial charge in [0.05, 0.1) is 0 Å². The van der Waals surface area contributed by atoms with E-state index in [4.69, 9.17) is 0 Å². The van der Waals surface area contributed by atoms with Gasteiger partial charge < -0.3 is 14.4 Å². The molecule has 0 heterocycles. The monoisotopic (exact) mass is 168 g/mol. The number of hydrogen-bond acceptors (Lipinski definition) is 3. The summed E-state index contributed by atoms with van der Waals surface area (Å²) in [6.07, 6.45) is 0. The first-order chi connectivity index (χ1) is 2.94. The molecule has 0 atom stereocenters. The molecule has 0 aliphatic heterocycles. The molecule has 0 N–H and O–H groups in total. The van der Waals surface area contributed by atoms with Crippen LogP contribution in [0, 0.1) is 0 Å². The minimum Gasteiger partial charge on any atom is -0.811 e. The van der Waals surface area contributed by atoms with E-state index >= 15 is 0 Å². The Morgan fingerprint density at radius 3 is 1.33 bits per heavy atom. The Hall–Kier alpha value is 2.15. The van der Waals surface area contributed by atoms with Crippen molar-refractivity contribution in [2.75, 3.05) is 0 Å². The van der Waals surface area contributed by atoms with Gasteiger partial charge in [0.1, 0.15) is 0 Å². The molecule has 0 aliphatic carbocycles. The summed E-state index contributed by atoms with van der Waals surface area (Å²) in [4.78, 5) is 19.6. The van der Waals surface area contributed by atoms with Crippen molar-refractivity contribution in [1.29, 1.82) is 0 Å². The van der Waals surface area contributed by atoms with E-state index in [0.717, 1.165) is 0 Å². The summed E-state index contributed by atoms with van der Waals surface area (Å²) < 4.78 is 9.80. The van der Waals surface area contributed by atoms with Crippen LogP contribution in [0.2, 0.25) is 0 Å². The molecule has 0 unspecified atom stereocenters. The topological polar surface area (TPSA) is 63.2 Å². The minimum atomic E-state index is -4.24. The van der Waals surface area contributed by atoms with Crippen LogP contribution in [0.5, 0.6) is 0 Å². The van der Waals surface area contributed by atoms with E-state index in [0.29, 0.717) is 0 Å². The summed E-state index contributed by atoms with van der Waals surface area (Å²) in [5, 5.41) is 0. The Balaban J connectivity index is -0.000000180. The zero-order valence-electron chi connectivity index (χ0n) is 6.25. The molecule has 3 nitrogen and oxygen atoms in total. The zero-order valence-corrected chi connectivity index (χ0v) is 11.1. The van der Waals surface area contributed by atoms with Gasteiger partial charge in [-0.1, -0.05) is 21.4 Å². The third-order valence-corrected chi connectivity index (χ3v) is 1.90. The second-order valence-electron chi connectivity index (χ2n) is 1.63. The molecule has 44 valence electrons. The predicted molar refractivity (Wildman–Crippen MR) is 22.7 cm³/mol. The smallest absolute Gasteiger partial charge is 0.811 e. The summed E-state index contributed by atoms with van der Waals surface area (Å²) >= 11 is 0. The largest absolute Gasteiger partial charge is 1.00 e. The van der Waals surface area contributed by atoms with Gasteiger partial charge in [0.25, 0.3) is 0 Å². The van der Waals surface area contributed by atoms with Crippen LogP contribution in [-0.2, 0) is 4.57 Å². The van der Waals surface area contributed by atoms with Crippen LogP contribution in [0.25, 0.3) is 0 Å². The van der Waals surface area contributed by atoms with Gasteiger partial charge in [-0.2, -0.15) is 0 Å². The Bertz CT molecular complexity index is 99.2. The van der Waals surface area contributed by atoms with Gasteiger partial charge in [-0.3, -0.25) is 0 Å². The summed E-state index contributed by atoms with van der Waals surface area (Å²) in [6, 6.07) is 0. The van der Waals surface area contributed by atoms with E-state index in [1.165, 1.54) is 13.8 Å². The fourth-order valence-corrected chi connectivity index (χ4v) is 0. The first-order valence-electron chi connectivity index (χ1n) is 1.96. The van der Waals surface area contributed by atoms with E-state index in [2.05, 4.69) is 0 Å². The minimum absolute atomic E-state index is 0. The second kappa shape index (κ2) is 6.84. The molecule has 0 fully saturated rings. The maximum atomic E-state index is 9.80. The van der Waals surface area contributed by atoms with Crippen LogP contribution in [0.1, 0.15) is 13.8 Å². The van der Waals surface area contributed by atoms with E-state index in [1.807, 2.05) is 0 Å². The Morgan fingerprint density at radius 2 is 1.33 bits per heavy atom. The van der Waals surface area contributed by atoms with Gasteiger partial charge in [-0.25, -0.2) is 0 Å². The molecule has 0 aromatic carbocycles. The molecule has 0 aromatic heterocycles. The molecule has 9 heavy (non-hydrogen) atoms. The molecule has 0 bridgehead atoms. The van der Waals surface area contributed by atoms with Gasteiger partial charge >= 0.3 is 59.1 Å². The predicted octanol–water partition coefficient (Wildman–Crippen LogP) is -6.68. The van der Waals surface area contributed by atoms with Crippen molar-refractivity contribution in [3.8, 4) is 0 Å². The van der Waals surface area contributed by atoms with Crippen molar-refractivity contribution in [2.45, 2.75) is 19.5 Å². The average molecular weight is 168 g/mol. The van der Waals surface area contributed by atoms with E-state index in [9.17, 15) is 14.4 Å². The first-order valence-corrected chi connectivity index (χ1v) is 3.57. The zero-order chi connectivity index (χ0) is 6.08. The summed E-state index contributed by atoms with van der Waals surface area (Å²) in [6.45, 7) is 2.72. The standard InChI is InChI=1S/C3H9O3P.2Na/c1-3(2)7(4,5)6;;/h3H,1-2H3,(H2,4,5,6);;/q;2*+1/p-2. The van der Waals surface area contributed by atoms with Crippen LogP contribution in [0.3, 0.4) is 0 Å². The number of rotatable bonds is 1. The van der Waals surface area contributed by atoms with Crippen molar-refractivity contribution < 1.29 is 73.5 Å². The van der Waals surface area contributed by atoms with Gasteiger partial charge in [0.15, 0.2) is 0 Å². The Morgan fingerprint density at radius 1 is 1.22 bits per heavy atom. The molecule has 0 rings (SSSR count). The second-order valence-corrected chi connectivity index (χ2v) is 3.75. The molecule has 0 saturated heterocycles. The molecule has 0 aliphatic rings. The maximum absolute atomic E-state index is 9.80. The van der Waals surface area contributed by atoms with E-state index in [1.54, 1.807) is 0 Å². The van der Waals surface area contributed by atoms with Crippen molar-refractivity contribution in [1.82, 2.24) is 0 Å². The number of hydrogen-bond donors (Lipinski definition) is 0.